The molecule has 0 unspecified atom stereocenters. The number of nitrogens with two attached hydrogens (primary N) is 1. The lowest BCUT2D eigenvalue weighted by Gasteiger charge is -2.04. The van der Waals surface area contributed by atoms with Crippen LogP contribution in [0.1, 0.15) is 24.7 Å². The van der Waals surface area contributed by atoms with Crippen molar-refractivity contribution in [2.45, 2.75) is 32.7 Å². The molecule has 1 aromatic heterocycles. The van der Waals surface area contributed by atoms with Gasteiger partial charge >= 0.3 is 0 Å². The van der Waals surface area contributed by atoms with Gasteiger partial charge in [-0.15, -0.1) is 6.42 Å². The fraction of sp³-hybridized carbons (Fsp3) is 0.400. The van der Waals surface area contributed by atoms with Crippen molar-refractivity contribution in [3.63, 3.8) is 0 Å². The van der Waals surface area contributed by atoms with E-state index in [1.807, 2.05) is 0 Å². The van der Waals surface area contributed by atoms with Gasteiger partial charge in [-0.3, -0.25) is 0 Å². The maximum absolute atomic E-state index is 5.56. The zero-order chi connectivity index (χ0) is 13.0. The van der Waals surface area contributed by atoms with Crippen LogP contribution in [-0.2, 0) is 19.4 Å². The summed E-state index contributed by atoms with van der Waals surface area (Å²) >= 11 is 0. The summed E-state index contributed by atoms with van der Waals surface area (Å²) in [4.78, 5) is 4.69. The quantitative estimate of drug-likeness (QED) is 0.815. The van der Waals surface area contributed by atoms with E-state index < -0.39 is 0 Å². The number of imidazole rings is 1. The van der Waals surface area contributed by atoms with E-state index in [1.165, 1.54) is 5.56 Å². The first-order chi connectivity index (χ1) is 8.80. The lowest BCUT2D eigenvalue weighted by molar-refractivity contribution is 0.719. The lowest BCUT2D eigenvalue weighted by Crippen LogP contribution is -2.06. The maximum atomic E-state index is 5.56. The lowest BCUT2D eigenvalue weighted by atomic mass is 10.1. The minimum absolute atomic E-state index is 0.571. The van der Waals surface area contributed by atoms with Crippen molar-refractivity contribution in [3.05, 3.63) is 29.6 Å². The number of terminal acetylenes is 1. The van der Waals surface area contributed by atoms with Gasteiger partial charge in [-0.05, 0) is 37.1 Å². The molecule has 0 radical (unpaired) electrons. The molecule has 0 spiro atoms. The average molecular weight is 241 g/mol. The van der Waals surface area contributed by atoms with Gasteiger partial charge in [-0.1, -0.05) is 18.9 Å². The van der Waals surface area contributed by atoms with Gasteiger partial charge < -0.3 is 10.3 Å². The molecule has 3 heteroatoms. The van der Waals surface area contributed by atoms with E-state index in [9.17, 15) is 0 Å². The summed E-state index contributed by atoms with van der Waals surface area (Å²) in [5.41, 5.74) is 9.03. The van der Waals surface area contributed by atoms with Crippen LogP contribution in [-0.4, -0.2) is 16.1 Å². The van der Waals surface area contributed by atoms with Crippen molar-refractivity contribution in [1.29, 1.82) is 0 Å². The predicted molar refractivity (Wildman–Crippen MR) is 75.3 cm³/mol. The number of fused-ring (bicyclic) bond motifs is 1. The van der Waals surface area contributed by atoms with Crippen LogP contribution in [0.2, 0.25) is 0 Å². The Balaban J connectivity index is 2.48. The van der Waals surface area contributed by atoms with Gasteiger partial charge in [0.05, 0.1) is 17.6 Å². The molecular weight excluding hydrogens is 222 g/mol. The Morgan fingerprint density at radius 2 is 2.28 bits per heavy atom. The second-order valence-electron chi connectivity index (χ2n) is 4.39. The minimum Gasteiger partial charge on any atom is -0.330 e. The number of aromatic nitrogens is 2. The molecule has 0 aliphatic heterocycles. The standard InChI is InChI=1S/C15H19N3/c1-3-10-18-14-8-7-12(4-2)11-13(14)17-15(18)6-5-9-16/h1,7-8,11H,4-6,9-10,16H2,2H3. The molecule has 1 aromatic carbocycles. The first-order valence-electron chi connectivity index (χ1n) is 6.41. The first kappa shape index (κ1) is 12.7. The Hall–Kier alpha value is -1.79. The fourth-order valence-corrected chi connectivity index (χ4v) is 2.16. The minimum atomic E-state index is 0.571. The van der Waals surface area contributed by atoms with Gasteiger partial charge in [0.1, 0.15) is 5.82 Å². The number of rotatable bonds is 5. The highest BCUT2D eigenvalue weighted by Gasteiger charge is 2.09. The highest BCUT2D eigenvalue weighted by atomic mass is 15.1. The third-order valence-corrected chi connectivity index (χ3v) is 3.15. The molecule has 0 bridgehead atoms. The molecule has 0 amide bonds. The summed E-state index contributed by atoms with van der Waals surface area (Å²) in [6.45, 7) is 3.40. The summed E-state index contributed by atoms with van der Waals surface area (Å²) < 4.78 is 2.12. The normalized spacial score (nSPS) is 10.7. The molecular formula is C15H19N3. The largest absolute Gasteiger partial charge is 0.330 e. The highest BCUT2D eigenvalue weighted by Crippen LogP contribution is 2.19. The smallest absolute Gasteiger partial charge is 0.110 e. The Morgan fingerprint density at radius 3 is 2.94 bits per heavy atom. The summed E-state index contributed by atoms with van der Waals surface area (Å²) in [5, 5.41) is 0. The second-order valence-corrected chi connectivity index (χ2v) is 4.39. The van der Waals surface area contributed by atoms with Crippen LogP contribution in [0.4, 0.5) is 0 Å². The molecule has 2 aromatic rings. The molecule has 2 N–H and O–H groups in total. The van der Waals surface area contributed by atoms with E-state index >= 15 is 0 Å². The molecule has 0 atom stereocenters. The number of benzene rings is 1. The average Bonchev–Trinajstić information content (AvgIpc) is 2.74. The van der Waals surface area contributed by atoms with Gasteiger partial charge in [0.15, 0.2) is 0 Å². The van der Waals surface area contributed by atoms with Gasteiger partial charge in [0, 0.05) is 6.42 Å². The van der Waals surface area contributed by atoms with E-state index in [2.05, 4.69) is 40.6 Å². The first-order valence-corrected chi connectivity index (χ1v) is 6.41. The van der Waals surface area contributed by atoms with Crippen molar-refractivity contribution >= 4 is 11.0 Å². The van der Waals surface area contributed by atoms with Crippen molar-refractivity contribution in [1.82, 2.24) is 9.55 Å². The van der Waals surface area contributed by atoms with E-state index in [4.69, 9.17) is 12.2 Å². The van der Waals surface area contributed by atoms with Crippen molar-refractivity contribution < 1.29 is 0 Å². The predicted octanol–water partition coefficient (Wildman–Crippen LogP) is 2.12. The fourth-order valence-electron chi connectivity index (χ4n) is 2.16. The molecule has 0 saturated carbocycles. The molecule has 0 aliphatic rings. The van der Waals surface area contributed by atoms with Crippen LogP contribution < -0.4 is 5.73 Å². The van der Waals surface area contributed by atoms with Crippen LogP contribution in [0.15, 0.2) is 18.2 Å². The van der Waals surface area contributed by atoms with Crippen LogP contribution in [0.5, 0.6) is 0 Å². The van der Waals surface area contributed by atoms with Crippen molar-refractivity contribution in [3.8, 4) is 12.3 Å². The Morgan fingerprint density at radius 1 is 1.44 bits per heavy atom. The third kappa shape index (κ3) is 2.39. The molecule has 0 aliphatic carbocycles. The topological polar surface area (TPSA) is 43.8 Å². The molecule has 18 heavy (non-hydrogen) atoms. The molecule has 1 heterocycles. The molecule has 94 valence electrons. The maximum Gasteiger partial charge on any atom is 0.110 e. The van der Waals surface area contributed by atoms with Gasteiger partial charge in [0.2, 0.25) is 0 Å². The van der Waals surface area contributed by atoms with Crippen LogP contribution in [0, 0.1) is 12.3 Å². The van der Waals surface area contributed by atoms with E-state index in [1.54, 1.807) is 0 Å². The van der Waals surface area contributed by atoms with Crippen LogP contribution in [0.25, 0.3) is 11.0 Å². The van der Waals surface area contributed by atoms with Crippen LogP contribution >= 0.6 is 0 Å². The zero-order valence-corrected chi connectivity index (χ0v) is 10.8. The number of hydrogen-bond donors (Lipinski definition) is 1. The summed E-state index contributed by atoms with van der Waals surface area (Å²) in [7, 11) is 0. The number of nitrogens with zero attached hydrogens (tertiary/aromatic N) is 2. The third-order valence-electron chi connectivity index (χ3n) is 3.15. The Bertz CT molecular complexity index is 575. The van der Waals surface area contributed by atoms with Gasteiger partial charge in [-0.25, -0.2) is 4.98 Å². The Labute approximate surface area is 108 Å². The summed E-state index contributed by atoms with van der Waals surface area (Å²) in [5.74, 6) is 3.74. The van der Waals surface area contributed by atoms with Crippen molar-refractivity contribution in [2.24, 2.45) is 5.73 Å². The number of hydrogen-bond acceptors (Lipinski definition) is 2. The van der Waals surface area contributed by atoms with E-state index in [0.29, 0.717) is 13.1 Å². The van der Waals surface area contributed by atoms with Crippen molar-refractivity contribution in [2.75, 3.05) is 6.54 Å². The zero-order valence-electron chi connectivity index (χ0n) is 10.8. The molecule has 2 rings (SSSR count). The summed E-state index contributed by atoms with van der Waals surface area (Å²) in [6.07, 6.45) is 8.29. The number of aryl methyl sites for hydroxylation is 2. The van der Waals surface area contributed by atoms with Crippen LogP contribution in [0.3, 0.4) is 0 Å². The SMILES string of the molecule is C#CCn1c(CCCN)nc2cc(CC)ccc21. The van der Waals surface area contributed by atoms with E-state index in [-0.39, 0.29) is 0 Å². The molecule has 3 nitrogen and oxygen atoms in total. The van der Waals surface area contributed by atoms with Gasteiger partial charge in [-0.2, -0.15) is 0 Å². The monoisotopic (exact) mass is 241 g/mol. The molecule has 0 saturated heterocycles. The second kappa shape index (κ2) is 5.70. The Kier molecular flexibility index (Phi) is 4.01. The summed E-state index contributed by atoms with van der Waals surface area (Å²) in [6, 6.07) is 6.41. The highest BCUT2D eigenvalue weighted by molar-refractivity contribution is 5.77. The van der Waals surface area contributed by atoms with Gasteiger partial charge in [0.25, 0.3) is 0 Å². The molecule has 0 fully saturated rings. The van der Waals surface area contributed by atoms with E-state index in [0.717, 1.165) is 36.1 Å².